The largest absolute Gasteiger partial charge is 0.373 e. The molecule has 0 aliphatic rings. The molecule has 0 saturated heterocycles. The predicted molar refractivity (Wildman–Crippen MR) is 58.3 cm³/mol. The summed E-state index contributed by atoms with van der Waals surface area (Å²) in [6.07, 6.45) is -2.61. The maximum Gasteiger partial charge on any atom is 0.261 e. The molecule has 1 unspecified atom stereocenters. The number of benzene rings is 1. The summed E-state index contributed by atoms with van der Waals surface area (Å²) in [5.74, 6) is -0.821. The van der Waals surface area contributed by atoms with Crippen molar-refractivity contribution in [1.82, 2.24) is 0 Å². The van der Waals surface area contributed by atoms with E-state index < -0.39 is 24.5 Å². The zero-order valence-corrected chi connectivity index (χ0v) is 9.11. The van der Waals surface area contributed by atoms with Gasteiger partial charge in [0.15, 0.2) is 0 Å². The van der Waals surface area contributed by atoms with Crippen molar-refractivity contribution in [1.29, 1.82) is 0 Å². The zero-order chi connectivity index (χ0) is 12.9. The first-order valence-corrected chi connectivity index (χ1v) is 4.97. The quantitative estimate of drug-likeness (QED) is 0.769. The average molecular weight is 244 g/mol. The maximum atomic E-state index is 11.9. The lowest BCUT2D eigenvalue weighted by atomic mass is 9.91. The van der Waals surface area contributed by atoms with Crippen molar-refractivity contribution in [3.63, 3.8) is 0 Å². The predicted octanol–water partition coefficient (Wildman–Crippen LogP) is 0.608. The number of ether oxygens (including phenoxy) is 1. The average Bonchev–Trinajstić information content (AvgIpc) is 2.29. The van der Waals surface area contributed by atoms with Crippen molar-refractivity contribution in [3.8, 4) is 0 Å². The summed E-state index contributed by atoms with van der Waals surface area (Å²) in [7, 11) is 0. The minimum atomic E-state index is -2.61. The Hall–Kier alpha value is -1.53. The van der Waals surface area contributed by atoms with Gasteiger partial charge >= 0.3 is 0 Å². The van der Waals surface area contributed by atoms with Crippen LogP contribution in [0.3, 0.4) is 0 Å². The van der Waals surface area contributed by atoms with Gasteiger partial charge in [0.1, 0.15) is 12.1 Å². The number of hydrogen-bond donors (Lipinski definition) is 2. The molecule has 0 aliphatic carbocycles. The van der Waals surface area contributed by atoms with Crippen LogP contribution < -0.4 is 11.5 Å². The SMILES string of the molecule is NC(=O)C(N)(COCC(F)F)c1ccccc1. The third-order valence-electron chi connectivity index (χ3n) is 2.30. The van der Waals surface area contributed by atoms with Crippen LogP contribution in [0.25, 0.3) is 0 Å². The Morgan fingerprint density at radius 3 is 2.41 bits per heavy atom. The number of nitrogens with two attached hydrogens (primary N) is 2. The minimum absolute atomic E-state index is 0.378. The zero-order valence-electron chi connectivity index (χ0n) is 9.11. The summed E-state index contributed by atoms with van der Waals surface area (Å²) in [4.78, 5) is 11.3. The van der Waals surface area contributed by atoms with E-state index in [-0.39, 0.29) is 6.61 Å². The van der Waals surface area contributed by atoms with Crippen LogP contribution in [0.15, 0.2) is 30.3 Å². The number of alkyl halides is 2. The number of carbonyl (C=O) groups excluding carboxylic acids is 1. The smallest absolute Gasteiger partial charge is 0.261 e. The molecule has 6 heteroatoms. The molecule has 0 spiro atoms. The first kappa shape index (κ1) is 13.5. The summed E-state index contributed by atoms with van der Waals surface area (Å²) in [5.41, 5.74) is 9.84. The highest BCUT2D eigenvalue weighted by Gasteiger charge is 2.34. The van der Waals surface area contributed by atoms with Crippen molar-refractivity contribution >= 4 is 5.91 Å². The first-order chi connectivity index (χ1) is 7.97. The van der Waals surface area contributed by atoms with E-state index in [1.807, 2.05) is 0 Å². The van der Waals surface area contributed by atoms with Crippen molar-refractivity contribution in [2.45, 2.75) is 12.0 Å². The molecule has 0 bridgehead atoms. The summed E-state index contributed by atoms with van der Waals surface area (Å²) in [6.45, 7) is -1.16. The highest BCUT2D eigenvalue weighted by Crippen LogP contribution is 2.18. The van der Waals surface area contributed by atoms with E-state index in [4.69, 9.17) is 16.2 Å². The minimum Gasteiger partial charge on any atom is -0.373 e. The van der Waals surface area contributed by atoms with E-state index in [0.29, 0.717) is 5.56 Å². The molecule has 0 fully saturated rings. The molecule has 1 aromatic rings. The standard InChI is InChI=1S/C11H14F2N2O2/c12-9(13)6-17-7-11(15,10(14)16)8-4-2-1-3-5-8/h1-5,9H,6-7,15H2,(H2,14,16). The summed E-state index contributed by atoms with van der Waals surface area (Å²) >= 11 is 0. The van der Waals surface area contributed by atoms with Gasteiger partial charge in [0.05, 0.1) is 6.61 Å². The van der Waals surface area contributed by atoms with E-state index in [2.05, 4.69) is 0 Å². The van der Waals surface area contributed by atoms with Gasteiger partial charge in [-0.1, -0.05) is 30.3 Å². The molecule has 1 amide bonds. The maximum absolute atomic E-state index is 11.9. The van der Waals surface area contributed by atoms with Crippen LogP contribution in [0.5, 0.6) is 0 Å². The fraction of sp³-hybridized carbons (Fsp3) is 0.364. The van der Waals surface area contributed by atoms with Gasteiger partial charge in [-0.15, -0.1) is 0 Å². The fourth-order valence-corrected chi connectivity index (χ4v) is 1.34. The summed E-state index contributed by atoms with van der Waals surface area (Å²) in [6, 6.07) is 8.28. The second kappa shape index (κ2) is 5.70. The molecule has 1 rings (SSSR count). The Kier molecular flexibility index (Phi) is 4.53. The molecule has 94 valence electrons. The molecular formula is C11H14F2N2O2. The molecule has 1 atom stereocenters. The van der Waals surface area contributed by atoms with Gasteiger partial charge in [0.25, 0.3) is 6.43 Å². The lowest BCUT2D eigenvalue weighted by Gasteiger charge is -2.26. The number of hydrogen-bond acceptors (Lipinski definition) is 3. The Balaban J connectivity index is 2.80. The van der Waals surface area contributed by atoms with Crippen molar-refractivity contribution < 1.29 is 18.3 Å². The Morgan fingerprint density at radius 2 is 1.94 bits per heavy atom. The molecule has 1 aromatic carbocycles. The molecule has 4 nitrogen and oxygen atoms in total. The van der Waals surface area contributed by atoms with Crippen LogP contribution in [-0.4, -0.2) is 25.5 Å². The third kappa shape index (κ3) is 3.47. The topological polar surface area (TPSA) is 78.3 Å². The number of rotatable bonds is 6. The lowest BCUT2D eigenvalue weighted by Crippen LogP contribution is -2.52. The summed E-state index contributed by atoms with van der Waals surface area (Å²) in [5, 5.41) is 0. The van der Waals surface area contributed by atoms with Crippen LogP contribution >= 0.6 is 0 Å². The van der Waals surface area contributed by atoms with E-state index in [1.54, 1.807) is 30.3 Å². The van der Waals surface area contributed by atoms with Crippen molar-refractivity contribution in [2.75, 3.05) is 13.2 Å². The number of halogens is 2. The Bertz CT molecular complexity index is 373. The molecule has 0 saturated carbocycles. The molecule has 0 radical (unpaired) electrons. The van der Waals surface area contributed by atoms with Gasteiger partial charge in [-0.3, -0.25) is 4.79 Å². The van der Waals surface area contributed by atoms with Gasteiger partial charge < -0.3 is 16.2 Å². The normalized spacial score (nSPS) is 14.6. The van der Waals surface area contributed by atoms with Crippen molar-refractivity contribution in [3.05, 3.63) is 35.9 Å². The number of carbonyl (C=O) groups is 1. The van der Waals surface area contributed by atoms with E-state index in [1.165, 1.54) is 0 Å². The second-order valence-corrected chi connectivity index (χ2v) is 3.61. The van der Waals surface area contributed by atoms with Gasteiger partial charge in [-0.25, -0.2) is 8.78 Å². The lowest BCUT2D eigenvalue weighted by molar-refractivity contribution is -0.126. The molecule has 0 aliphatic heterocycles. The monoisotopic (exact) mass is 244 g/mol. The van der Waals surface area contributed by atoms with Crippen molar-refractivity contribution in [2.24, 2.45) is 11.5 Å². The number of primary amides is 1. The molecule has 4 N–H and O–H groups in total. The highest BCUT2D eigenvalue weighted by atomic mass is 19.3. The third-order valence-corrected chi connectivity index (χ3v) is 2.30. The fourth-order valence-electron chi connectivity index (χ4n) is 1.34. The van der Waals surface area contributed by atoms with Gasteiger partial charge in [0.2, 0.25) is 5.91 Å². The molecule has 0 aromatic heterocycles. The molecule has 0 heterocycles. The van der Waals surface area contributed by atoms with Crippen LogP contribution in [-0.2, 0) is 15.1 Å². The number of amides is 1. The molecular weight excluding hydrogens is 230 g/mol. The van der Waals surface area contributed by atoms with Crippen LogP contribution in [0.2, 0.25) is 0 Å². The second-order valence-electron chi connectivity index (χ2n) is 3.61. The van der Waals surface area contributed by atoms with E-state index in [9.17, 15) is 13.6 Å². The van der Waals surface area contributed by atoms with Gasteiger partial charge in [0, 0.05) is 0 Å². The summed E-state index contributed by atoms with van der Waals surface area (Å²) < 4.78 is 28.6. The van der Waals surface area contributed by atoms with Crippen LogP contribution in [0.1, 0.15) is 5.56 Å². The first-order valence-electron chi connectivity index (χ1n) is 4.97. The molecule has 17 heavy (non-hydrogen) atoms. The van der Waals surface area contributed by atoms with Gasteiger partial charge in [-0.05, 0) is 5.56 Å². The Labute approximate surface area is 97.5 Å². The van der Waals surface area contributed by atoms with E-state index >= 15 is 0 Å². The Morgan fingerprint density at radius 1 is 1.35 bits per heavy atom. The van der Waals surface area contributed by atoms with Gasteiger partial charge in [-0.2, -0.15) is 0 Å². The van der Waals surface area contributed by atoms with E-state index in [0.717, 1.165) is 0 Å². The van der Waals surface area contributed by atoms with Crippen LogP contribution in [0, 0.1) is 0 Å². The van der Waals surface area contributed by atoms with Crippen LogP contribution in [0.4, 0.5) is 8.78 Å². The highest BCUT2D eigenvalue weighted by molar-refractivity contribution is 5.86.